The number of nitrogens with two attached hydrogens (primary N) is 1. The summed E-state index contributed by atoms with van der Waals surface area (Å²) in [5.41, 5.74) is 5.46. The van der Waals surface area contributed by atoms with Crippen LogP contribution in [0, 0.1) is 11.3 Å². The topological polar surface area (TPSA) is 75.4 Å². The maximum Gasteiger partial charge on any atom is 0.220 e. The average Bonchev–Trinajstić information content (AvgIpc) is 2.25. The van der Waals surface area contributed by atoms with Crippen LogP contribution in [0.25, 0.3) is 0 Å². The summed E-state index contributed by atoms with van der Waals surface area (Å²) in [5.74, 6) is 0.568. The lowest BCUT2D eigenvalue weighted by Crippen LogP contribution is -2.44. The van der Waals surface area contributed by atoms with Gasteiger partial charge in [0.1, 0.15) is 0 Å². The molecule has 2 atom stereocenters. The molecule has 0 aromatic rings. The zero-order valence-corrected chi connectivity index (χ0v) is 12.3. The first kappa shape index (κ1) is 17.4. The van der Waals surface area contributed by atoms with Gasteiger partial charge in [0.15, 0.2) is 0 Å². The molecule has 2 unspecified atom stereocenters. The van der Waals surface area contributed by atoms with Crippen LogP contribution < -0.4 is 11.1 Å². The van der Waals surface area contributed by atoms with E-state index in [1.807, 2.05) is 0 Å². The monoisotopic (exact) mass is 258 g/mol. The molecule has 0 aromatic carbocycles. The molecule has 108 valence electrons. The normalized spacial score (nSPS) is 15.2. The molecule has 0 rings (SSSR count). The summed E-state index contributed by atoms with van der Waals surface area (Å²) in [5, 5.41) is 12.1. The SMILES string of the molecule is CC(CCN)CCC(=O)NC(CCO)C(C)(C)C. The van der Waals surface area contributed by atoms with Gasteiger partial charge in [0, 0.05) is 19.1 Å². The van der Waals surface area contributed by atoms with Crippen LogP contribution in [-0.2, 0) is 4.79 Å². The van der Waals surface area contributed by atoms with E-state index in [1.165, 1.54) is 0 Å². The highest BCUT2D eigenvalue weighted by Crippen LogP contribution is 2.22. The largest absolute Gasteiger partial charge is 0.396 e. The van der Waals surface area contributed by atoms with E-state index in [0.29, 0.717) is 25.3 Å². The van der Waals surface area contributed by atoms with Gasteiger partial charge in [-0.15, -0.1) is 0 Å². The molecule has 0 saturated heterocycles. The molecule has 0 heterocycles. The molecule has 0 aliphatic heterocycles. The Hall–Kier alpha value is -0.610. The third-order valence-corrected chi connectivity index (χ3v) is 3.32. The van der Waals surface area contributed by atoms with Crippen molar-refractivity contribution in [2.24, 2.45) is 17.1 Å². The fourth-order valence-electron chi connectivity index (χ4n) is 1.92. The Bertz CT molecular complexity index is 236. The number of nitrogens with one attached hydrogen (secondary N) is 1. The van der Waals surface area contributed by atoms with Crippen molar-refractivity contribution in [1.82, 2.24) is 5.32 Å². The molecule has 0 fully saturated rings. The molecule has 0 aliphatic carbocycles. The first-order chi connectivity index (χ1) is 8.31. The molecular weight excluding hydrogens is 228 g/mol. The summed E-state index contributed by atoms with van der Waals surface area (Å²) in [6.07, 6.45) is 2.98. The average molecular weight is 258 g/mol. The van der Waals surface area contributed by atoms with Crippen LogP contribution in [0.5, 0.6) is 0 Å². The van der Waals surface area contributed by atoms with E-state index in [9.17, 15) is 4.79 Å². The van der Waals surface area contributed by atoms with Gasteiger partial charge < -0.3 is 16.2 Å². The van der Waals surface area contributed by atoms with E-state index in [4.69, 9.17) is 10.8 Å². The van der Waals surface area contributed by atoms with E-state index >= 15 is 0 Å². The predicted octanol–water partition coefficient (Wildman–Crippen LogP) is 1.66. The van der Waals surface area contributed by atoms with E-state index in [1.54, 1.807) is 0 Å². The quantitative estimate of drug-likeness (QED) is 0.620. The minimum absolute atomic E-state index is 0.0265. The third-order valence-electron chi connectivity index (χ3n) is 3.32. The summed E-state index contributed by atoms with van der Waals surface area (Å²) in [7, 11) is 0. The predicted molar refractivity (Wildman–Crippen MR) is 75.2 cm³/mol. The molecule has 1 amide bonds. The summed E-state index contributed by atoms with van der Waals surface area (Å²) in [6, 6.07) is 0.0276. The number of carbonyl (C=O) groups is 1. The summed E-state index contributed by atoms with van der Waals surface area (Å²) < 4.78 is 0. The number of hydrogen-bond acceptors (Lipinski definition) is 3. The van der Waals surface area contributed by atoms with Crippen molar-refractivity contribution in [1.29, 1.82) is 0 Å². The molecule has 0 saturated carbocycles. The van der Waals surface area contributed by atoms with Gasteiger partial charge in [0.2, 0.25) is 5.91 Å². The van der Waals surface area contributed by atoms with Gasteiger partial charge in [-0.05, 0) is 37.1 Å². The van der Waals surface area contributed by atoms with Crippen LogP contribution in [0.1, 0.15) is 53.4 Å². The van der Waals surface area contributed by atoms with Crippen LogP contribution in [0.15, 0.2) is 0 Å². The van der Waals surface area contributed by atoms with E-state index in [-0.39, 0.29) is 24.0 Å². The van der Waals surface area contributed by atoms with Crippen molar-refractivity contribution >= 4 is 5.91 Å². The second-order valence-corrected chi connectivity index (χ2v) is 6.22. The molecule has 0 spiro atoms. The van der Waals surface area contributed by atoms with E-state index < -0.39 is 0 Å². The second kappa shape index (κ2) is 8.48. The van der Waals surface area contributed by atoms with Gasteiger partial charge in [0.25, 0.3) is 0 Å². The van der Waals surface area contributed by atoms with Crippen molar-refractivity contribution < 1.29 is 9.90 Å². The lowest BCUT2D eigenvalue weighted by molar-refractivity contribution is -0.123. The minimum atomic E-state index is -0.0265. The lowest BCUT2D eigenvalue weighted by Gasteiger charge is -2.31. The molecule has 0 bridgehead atoms. The maximum atomic E-state index is 11.9. The number of aliphatic hydroxyl groups excluding tert-OH is 1. The molecule has 0 radical (unpaired) electrons. The fraction of sp³-hybridized carbons (Fsp3) is 0.929. The number of carbonyl (C=O) groups excluding carboxylic acids is 1. The summed E-state index contributed by atoms with van der Waals surface area (Å²) in [4.78, 5) is 11.9. The fourth-order valence-corrected chi connectivity index (χ4v) is 1.92. The summed E-state index contributed by atoms with van der Waals surface area (Å²) in [6.45, 7) is 9.12. The Morgan fingerprint density at radius 3 is 2.33 bits per heavy atom. The Morgan fingerprint density at radius 2 is 1.89 bits per heavy atom. The molecule has 4 nitrogen and oxygen atoms in total. The summed E-state index contributed by atoms with van der Waals surface area (Å²) >= 11 is 0. The Kier molecular flexibility index (Phi) is 8.20. The highest BCUT2D eigenvalue weighted by molar-refractivity contribution is 5.76. The van der Waals surface area contributed by atoms with Gasteiger partial charge in [-0.25, -0.2) is 0 Å². The first-order valence-electron chi connectivity index (χ1n) is 6.91. The number of rotatable bonds is 8. The zero-order chi connectivity index (χ0) is 14.2. The molecule has 4 heteroatoms. The van der Waals surface area contributed by atoms with E-state index in [2.05, 4.69) is 33.0 Å². The van der Waals surface area contributed by atoms with Crippen LogP contribution in [0.3, 0.4) is 0 Å². The maximum absolute atomic E-state index is 11.9. The number of amides is 1. The number of aliphatic hydroxyl groups is 1. The van der Waals surface area contributed by atoms with Crippen molar-refractivity contribution in [3.8, 4) is 0 Å². The van der Waals surface area contributed by atoms with Crippen molar-refractivity contribution in [2.45, 2.75) is 59.4 Å². The van der Waals surface area contributed by atoms with E-state index in [0.717, 1.165) is 12.8 Å². The van der Waals surface area contributed by atoms with Crippen LogP contribution in [0.4, 0.5) is 0 Å². The highest BCUT2D eigenvalue weighted by atomic mass is 16.3. The van der Waals surface area contributed by atoms with Gasteiger partial charge >= 0.3 is 0 Å². The van der Waals surface area contributed by atoms with Crippen molar-refractivity contribution in [3.05, 3.63) is 0 Å². The minimum Gasteiger partial charge on any atom is -0.396 e. The van der Waals surface area contributed by atoms with Crippen LogP contribution >= 0.6 is 0 Å². The van der Waals surface area contributed by atoms with Gasteiger partial charge in [-0.3, -0.25) is 4.79 Å². The van der Waals surface area contributed by atoms with Gasteiger partial charge in [-0.2, -0.15) is 0 Å². The molecule has 0 aromatic heterocycles. The molecule has 4 N–H and O–H groups in total. The van der Waals surface area contributed by atoms with Crippen LogP contribution in [0.2, 0.25) is 0 Å². The molecule has 0 aliphatic rings. The van der Waals surface area contributed by atoms with Crippen molar-refractivity contribution in [2.75, 3.05) is 13.2 Å². The lowest BCUT2D eigenvalue weighted by atomic mass is 9.84. The third kappa shape index (κ3) is 7.67. The second-order valence-electron chi connectivity index (χ2n) is 6.22. The van der Waals surface area contributed by atoms with Gasteiger partial charge in [-0.1, -0.05) is 27.7 Å². The van der Waals surface area contributed by atoms with Gasteiger partial charge in [0.05, 0.1) is 0 Å². The first-order valence-corrected chi connectivity index (χ1v) is 6.91. The Morgan fingerprint density at radius 1 is 1.28 bits per heavy atom. The smallest absolute Gasteiger partial charge is 0.220 e. The zero-order valence-electron chi connectivity index (χ0n) is 12.3. The molecule has 18 heavy (non-hydrogen) atoms. The van der Waals surface area contributed by atoms with Crippen LogP contribution in [-0.4, -0.2) is 30.2 Å². The van der Waals surface area contributed by atoms with Crippen molar-refractivity contribution in [3.63, 3.8) is 0 Å². The molecular formula is C14H30N2O2. The Labute approximate surface area is 111 Å². The Balaban J connectivity index is 4.10. The number of hydrogen-bond donors (Lipinski definition) is 3. The standard InChI is InChI=1S/C14H30N2O2/c1-11(7-9-15)5-6-13(18)16-12(8-10-17)14(2,3)4/h11-12,17H,5-10,15H2,1-4H3,(H,16,18). The highest BCUT2D eigenvalue weighted by Gasteiger charge is 2.25.